The Morgan fingerprint density at radius 1 is 1.50 bits per heavy atom. The summed E-state index contributed by atoms with van der Waals surface area (Å²) in [5, 5.41) is 3.46. The summed E-state index contributed by atoms with van der Waals surface area (Å²) in [7, 11) is 0. The molecule has 16 heavy (non-hydrogen) atoms. The molecule has 0 bridgehead atoms. The lowest BCUT2D eigenvalue weighted by Crippen LogP contribution is -2.52. The molecule has 0 aliphatic carbocycles. The van der Waals surface area contributed by atoms with E-state index < -0.39 is 0 Å². The maximum Gasteiger partial charge on any atom is 0.118 e. The van der Waals surface area contributed by atoms with E-state index in [2.05, 4.69) is 30.1 Å². The third-order valence-electron chi connectivity index (χ3n) is 3.32. The Hall–Kier alpha value is -0.800. The van der Waals surface area contributed by atoms with Gasteiger partial charge in [0.05, 0.1) is 6.54 Å². The van der Waals surface area contributed by atoms with Crippen molar-refractivity contribution >= 4 is 0 Å². The van der Waals surface area contributed by atoms with E-state index in [1.165, 1.54) is 0 Å². The number of nitrogens with one attached hydrogen (secondary N) is 1. The first-order valence-corrected chi connectivity index (χ1v) is 6.17. The summed E-state index contributed by atoms with van der Waals surface area (Å²) in [5.74, 6) is 2.78. The average Bonchev–Trinajstić information content (AvgIpc) is 2.64. The van der Waals surface area contributed by atoms with Crippen LogP contribution in [0.3, 0.4) is 0 Å². The van der Waals surface area contributed by atoms with E-state index in [1.807, 2.05) is 13.0 Å². The Bertz CT molecular complexity index is 332. The standard InChI is InChI=1S/C13H22N2O/c1-10(2)13-8-14-6-7-15(13)9-12-5-4-11(3)16-12/h4-5,10,13-14H,6-9H2,1-3H3. The molecule has 1 N–H and O–H groups in total. The maximum absolute atomic E-state index is 5.65. The SMILES string of the molecule is Cc1ccc(CN2CCNCC2C(C)C)o1. The first kappa shape index (κ1) is 11.7. The summed E-state index contributed by atoms with van der Waals surface area (Å²) in [6, 6.07) is 4.76. The molecule has 0 radical (unpaired) electrons. The van der Waals surface area contributed by atoms with Crippen molar-refractivity contribution in [1.82, 2.24) is 10.2 Å². The predicted octanol–water partition coefficient (Wildman–Crippen LogP) is 2.02. The monoisotopic (exact) mass is 222 g/mol. The van der Waals surface area contributed by atoms with Crippen LogP contribution >= 0.6 is 0 Å². The van der Waals surface area contributed by atoms with Crippen molar-refractivity contribution in [3.05, 3.63) is 23.7 Å². The van der Waals surface area contributed by atoms with Gasteiger partial charge in [-0.2, -0.15) is 0 Å². The van der Waals surface area contributed by atoms with Crippen LogP contribution in [0.5, 0.6) is 0 Å². The molecule has 1 aliphatic rings. The highest BCUT2D eigenvalue weighted by atomic mass is 16.3. The molecule has 3 nitrogen and oxygen atoms in total. The van der Waals surface area contributed by atoms with Crippen LogP contribution in [0, 0.1) is 12.8 Å². The van der Waals surface area contributed by atoms with Gasteiger partial charge in [-0.25, -0.2) is 0 Å². The van der Waals surface area contributed by atoms with Gasteiger partial charge >= 0.3 is 0 Å². The number of hydrogen-bond acceptors (Lipinski definition) is 3. The summed E-state index contributed by atoms with van der Waals surface area (Å²) in [6.45, 7) is 10.8. The second-order valence-corrected chi connectivity index (χ2v) is 5.00. The number of hydrogen-bond donors (Lipinski definition) is 1. The zero-order valence-electron chi connectivity index (χ0n) is 10.5. The highest BCUT2D eigenvalue weighted by Crippen LogP contribution is 2.17. The van der Waals surface area contributed by atoms with Crippen LogP contribution in [0.4, 0.5) is 0 Å². The smallest absolute Gasteiger partial charge is 0.118 e. The second-order valence-electron chi connectivity index (χ2n) is 5.00. The summed E-state index contributed by atoms with van der Waals surface area (Å²) >= 11 is 0. The molecule has 1 atom stereocenters. The number of nitrogens with zero attached hydrogens (tertiary/aromatic N) is 1. The van der Waals surface area contributed by atoms with Gasteiger partial charge in [0.1, 0.15) is 11.5 Å². The predicted molar refractivity (Wildman–Crippen MR) is 65.4 cm³/mol. The molecule has 1 aromatic rings. The molecular formula is C13H22N2O. The molecule has 0 saturated carbocycles. The lowest BCUT2D eigenvalue weighted by molar-refractivity contribution is 0.108. The summed E-state index contributed by atoms with van der Waals surface area (Å²) in [6.07, 6.45) is 0. The summed E-state index contributed by atoms with van der Waals surface area (Å²) in [4.78, 5) is 2.53. The largest absolute Gasteiger partial charge is 0.465 e. The minimum absolute atomic E-state index is 0.624. The van der Waals surface area contributed by atoms with Gasteiger partial charge in [0.15, 0.2) is 0 Å². The van der Waals surface area contributed by atoms with Gasteiger partial charge in [0.25, 0.3) is 0 Å². The fourth-order valence-electron chi connectivity index (χ4n) is 2.39. The van der Waals surface area contributed by atoms with E-state index >= 15 is 0 Å². The molecular weight excluding hydrogens is 200 g/mol. The number of furan rings is 1. The van der Waals surface area contributed by atoms with E-state index in [4.69, 9.17) is 4.42 Å². The first-order chi connectivity index (χ1) is 7.66. The molecule has 0 spiro atoms. The molecule has 1 saturated heterocycles. The summed E-state index contributed by atoms with van der Waals surface area (Å²) in [5.41, 5.74) is 0. The van der Waals surface area contributed by atoms with Crippen molar-refractivity contribution in [2.45, 2.75) is 33.4 Å². The van der Waals surface area contributed by atoms with Crippen molar-refractivity contribution < 1.29 is 4.42 Å². The Morgan fingerprint density at radius 3 is 2.94 bits per heavy atom. The van der Waals surface area contributed by atoms with Gasteiger partial charge < -0.3 is 9.73 Å². The molecule has 0 amide bonds. The fraction of sp³-hybridized carbons (Fsp3) is 0.692. The molecule has 3 heteroatoms. The normalized spacial score (nSPS) is 22.9. The molecule has 1 aromatic heterocycles. The van der Waals surface area contributed by atoms with Gasteiger partial charge in [-0.1, -0.05) is 13.8 Å². The molecule has 1 aliphatic heterocycles. The Balaban J connectivity index is 2.01. The van der Waals surface area contributed by atoms with Crippen molar-refractivity contribution in [2.24, 2.45) is 5.92 Å². The van der Waals surface area contributed by atoms with E-state index in [-0.39, 0.29) is 0 Å². The third kappa shape index (κ3) is 2.66. The first-order valence-electron chi connectivity index (χ1n) is 6.17. The summed E-state index contributed by atoms with van der Waals surface area (Å²) < 4.78 is 5.65. The lowest BCUT2D eigenvalue weighted by atomic mass is 10.0. The molecule has 90 valence electrons. The van der Waals surface area contributed by atoms with Crippen molar-refractivity contribution in [1.29, 1.82) is 0 Å². The van der Waals surface area contributed by atoms with Crippen LogP contribution in [0.1, 0.15) is 25.4 Å². The van der Waals surface area contributed by atoms with Gasteiger partial charge in [-0.15, -0.1) is 0 Å². The van der Waals surface area contributed by atoms with E-state index in [0.717, 1.165) is 37.7 Å². The quantitative estimate of drug-likeness (QED) is 0.848. The van der Waals surface area contributed by atoms with Crippen molar-refractivity contribution in [3.63, 3.8) is 0 Å². The van der Waals surface area contributed by atoms with Crippen LogP contribution < -0.4 is 5.32 Å². The van der Waals surface area contributed by atoms with Crippen LogP contribution in [0.15, 0.2) is 16.5 Å². The van der Waals surface area contributed by atoms with Gasteiger partial charge in [-0.3, -0.25) is 4.90 Å². The minimum Gasteiger partial charge on any atom is -0.465 e. The lowest BCUT2D eigenvalue weighted by Gasteiger charge is -2.38. The van der Waals surface area contributed by atoms with Gasteiger partial charge in [0, 0.05) is 25.7 Å². The molecule has 2 rings (SSSR count). The Kier molecular flexibility index (Phi) is 3.66. The van der Waals surface area contributed by atoms with Crippen molar-refractivity contribution in [2.75, 3.05) is 19.6 Å². The molecule has 0 aromatic carbocycles. The highest BCUT2D eigenvalue weighted by Gasteiger charge is 2.25. The minimum atomic E-state index is 0.624. The van der Waals surface area contributed by atoms with Crippen molar-refractivity contribution in [3.8, 4) is 0 Å². The van der Waals surface area contributed by atoms with Crippen LogP contribution in [0.25, 0.3) is 0 Å². The third-order valence-corrected chi connectivity index (χ3v) is 3.32. The maximum atomic E-state index is 5.65. The van der Waals surface area contributed by atoms with Gasteiger partial charge in [-0.05, 0) is 25.0 Å². The van der Waals surface area contributed by atoms with E-state index in [9.17, 15) is 0 Å². The average molecular weight is 222 g/mol. The number of piperazine rings is 1. The number of aryl methyl sites for hydroxylation is 1. The van der Waals surface area contributed by atoms with Crippen LogP contribution in [-0.4, -0.2) is 30.6 Å². The van der Waals surface area contributed by atoms with Crippen LogP contribution in [0.2, 0.25) is 0 Å². The zero-order chi connectivity index (χ0) is 11.5. The Morgan fingerprint density at radius 2 is 2.31 bits per heavy atom. The molecule has 1 fully saturated rings. The molecule has 2 heterocycles. The number of rotatable bonds is 3. The Labute approximate surface area is 97.8 Å². The van der Waals surface area contributed by atoms with E-state index in [0.29, 0.717) is 12.0 Å². The van der Waals surface area contributed by atoms with Crippen LogP contribution in [-0.2, 0) is 6.54 Å². The fourth-order valence-corrected chi connectivity index (χ4v) is 2.39. The van der Waals surface area contributed by atoms with Gasteiger partial charge in [0.2, 0.25) is 0 Å². The molecule has 1 unspecified atom stereocenters. The van der Waals surface area contributed by atoms with E-state index in [1.54, 1.807) is 0 Å². The topological polar surface area (TPSA) is 28.4 Å². The zero-order valence-corrected chi connectivity index (χ0v) is 10.5. The highest BCUT2D eigenvalue weighted by molar-refractivity contribution is 5.06. The second kappa shape index (κ2) is 5.02.